The third-order valence-corrected chi connectivity index (χ3v) is 4.57. The molecule has 0 radical (unpaired) electrons. The summed E-state index contributed by atoms with van der Waals surface area (Å²) >= 11 is 3.20. The molecule has 6 heteroatoms. The first-order chi connectivity index (χ1) is 11.1. The van der Waals surface area contributed by atoms with Crippen molar-refractivity contribution in [3.05, 3.63) is 63.6 Å². The van der Waals surface area contributed by atoms with Crippen LogP contribution in [0, 0.1) is 5.82 Å². The Morgan fingerprint density at radius 1 is 1.39 bits per heavy atom. The third kappa shape index (κ3) is 3.43. The number of halogens is 2. The van der Waals surface area contributed by atoms with Crippen molar-refractivity contribution in [2.45, 2.75) is 31.4 Å². The second kappa shape index (κ2) is 6.76. The molecule has 120 valence electrons. The molecule has 0 bridgehead atoms. The molecular formula is C17H16BrFN2O2. The SMILES string of the molecule is O=C(NCc1ccc(Br)cc1F)[C@H]1CC[C@H](O)c2ncccc21. The molecule has 0 aliphatic heterocycles. The fraction of sp³-hybridized carbons (Fsp3) is 0.294. The number of hydrogen-bond donors (Lipinski definition) is 2. The van der Waals surface area contributed by atoms with Crippen molar-refractivity contribution in [3.63, 3.8) is 0 Å². The Kier molecular flexibility index (Phi) is 4.73. The Labute approximate surface area is 141 Å². The van der Waals surface area contributed by atoms with Gasteiger partial charge in [-0.25, -0.2) is 4.39 Å². The maximum Gasteiger partial charge on any atom is 0.227 e. The van der Waals surface area contributed by atoms with E-state index in [-0.39, 0.29) is 24.2 Å². The zero-order valence-electron chi connectivity index (χ0n) is 12.3. The Morgan fingerprint density at radius 2 is 2.22 bits per heavy atom. The van der Waals surface area contributed by atoms with Crippen molar-refractivity contribution < 1.29 is 14.3 Å². The highest BCUT2D eigenvalue weighted by Gasteiger charge is 2.31. The molecule has 0 spiro atoms. The van der Waals surface area contributed by atoms with E-state index in [2.05, 4.69) is 26.2 Å². The molecule has 23 heavy (non-hydrogen) atoms. The lowest BCUT2D eigenvalue weighted by molar-refractivity contribution is -0.123. The molecule has 1 aliphatic carbocycles. The van der Waals surface area contributed by atoms with Gasteiger partial charge in [-0.1, -0.05) is 28.1 Å². The minimum atomic E-state index is -0.626. The largest absolute Gasteiger partial charge is 0.387 e. The highest BCUT2D eigenvalue weighted by Crippen LogP contribution is 2.36. The van der Waals surface area contributed by atoms with E-state index < -0.39 is 6.10 Å². The molecule has 2 atom stereocenters. The smallest absolute Gasteiger partial charge is 0.227 e. The number of aliphatic hydroxyl groups is 1. The summed E-state index contributed by atoms with van der Waals surface area (Å²) in [7, 11) is 0. The van der Waals surface area contributed by atoms with Gasteiger partial charge in [0.2, 0.25) is 5.91 Å². The summed E-state index contributed by atoms with van der Waals surface area (Å²) in [5, 5.41) is 12.8. The van der Waals surface area contributed by atoms with Crippen LogP contribution >= 0.6 is 15.9 Å². The topological polar surface area (TPSA) is 62.2 Å². The summed E-state index contributed by atoms with van der Waals surface area (Å²) in [6.07, 6.45) is 2.03. The molecule has 2 aromatic rings. The van der Waals surface area contributed by atoms with Crippen LogP contribution in [0.5, 0.6) is 0 Å². The number of aliphatic hydroxyl groups excluding tert-OH is 1. The summed E-state index contributed by atoms with van der Waals surface area (Å²) in [4.78, 5) is 16.6. The van der Waals surface area contributed by atoms with E-state index in [1.807, 2.05) is 6.07 Å². The Morgan fingerprint density at radius 3 is 3.00 bits per heavy atom. The molecule has 0 fully saturated rings. The summed E-state index contributed by atoms with van der Waals surface area (Å²) in [5.41, 5.74) is 1.75. The molecule has 1 heterocycles. The number of nitrogens with zero attached hydrogens (tertiary/aromatic N) is 1. The molecule has 0 unspecified atom stereocenters. The lowest BCUT2D eigenvalue weighted by atomic mass is 9.83. The van der Waals surface area contributed by atoms with Crippen molar-refractivity contribution in [1.82, 2.24) is 10.3 Å². The van der Waals surface area contributed by atoms with Crippen molar-refractivity contribution in [3.8, 4) is 0 Å². The van der Waals surface area contributed by atoms with Gasteiger partial charge in [0.05, 0.1) is 17.7 Å². The van der Waals surface area contributed by atoms with Crippen LogP contribution in [0.15, 0.2) is 41.0 Å². The maximum absolute atomic E-state index is 13.8. The zero-order valence-corrected chi connectivity index (χ0v) is 13.9. The van der Waals surface area contributed by atoms with Crippen LogP contribution < -0.4 is 5.32 Å². The number of nitrogens with one attached hydrogen (secondary N) is 1. The lowest BCUT2D eigenvalue weighted by Crippen LogP contribution is -2.32. The molecule has 1 aliphatic rings. The minimum absolute atomic E-state index is 0.132. The number of carbonyl (C=O) groups excluding carboxylic acids is 1. The van der Waals surface area contributed by atoms with Crippen LogP contribution in [0.4, 0.5) is 4.39 Å². The number of benzene rings is 1. The first kappa shape index (κ1) is 16.1. The first-order valence-corrected chi connectivity index (χ1v) is 8.20. The van der Waals surface area contributed by atoms with E-state index in [1.54, 1.807) is 24.4 Å². The molecule has 1 aromatic heterocycles. The van der Waals surface area contributed by atoms with Crippen LogP contribution in [-0.2, 0) is 11.3 Å². The van der Waals surface area contributed by atoms with Gasteiger partial charge in [-0.15, -0.1) is 0 Å². The predicted octanol–water partition coefficient (Wildman–Crippen LogP) is 3.21. The van der Waals surface area contributed by atoms with E-state index in [4.69, 9.17) is 0 Å². The third-order valence-electron chi connectivity index (χ3n) is 4.08. The number of rotatable bonds is 3. The molecule has 3 rings (SSSR count). The van der Waals surface area contributed by atoms with Gasteiger partial charge in [0, 0.05) is 22.8 Å². The Balaban J connectivity index is 1.73. The number of hydrogen-bond acceptors (Lipinski definition) is 3. The Hall–Kier alpha value is -1.79. The average molecular weight is 379 g/mol. The van der Waals surface area contributed by atoms with Gasteiger partial charge in [-0.05, 0) is 36.6 Å². The number of carbonyl (C=O) groups is 1. The van der Waals surface area contributed by atoms with Crippen molar-refractivity contribution >= 4 is 21.8 Å². The molecule has 0 saturated carbocycles. The lowest BCUT2D eigenvalue weighted by Gasteiger charge is -2.27. The minimum Gasteiger partial charge on any atom is -0.387 e. The van der Waals surface area contributed by atoms with Gasteiger partial charge < -0.3 is 10.4 Å². The average Bonchev–Trinajstić information content (AvgIpc) is 2.54. The second-order valence-electron chi connectivity index (χ2n) is 5.58. The van der Waals surface area contributed by atoms with Crippen LogP contribution in [0.3, 0.4) is 0 Å². The normalized spacial score (nSPS) is 20.0. The van der Waals surface area contributed by atoms with Gasteiger partial charge in [0.1, 0.15) is 5.82 Å². The van der Waals surface area contributed by atoms with E-state index in [0.29, 0.717) is 28.6 Å². The number of aromatic nitrogens is 1. The summed E-state index contributed by atoms with van der Waals surface area (Å²) in [5.74, 6) is -0.894. The van der Waals surface area contributed by atoms with Crippen LogP contribution in [0.2, 0.25) is 0 Å². The number of fused-ring (bicyclic) bond motifs is 1. The predicted molar refractivity (Wildman–Crippen MR) is 87.1 cm³/mol. The fourth-order valence-corrected chi connectivity index (χ4v) is 3.20. The van der Waals surface area contributed by atoms with Crippen LogP contribution in [0.25, 0.3) is 0 Å². The quantitative estimate of drug-likeness (QED) is 0.861. The molecule has 2 N–H and O–H groups in total. The van der Waals surface area contributed by atoms with Gasteiger partial charge in [-0.3, -0.25) is 9.78 Å². The standard InChI is InChI=1S/C17H16BrFN2O2/c18-11-4-3-10(14(19)8-11)9-21-17(23)13-5-6-15(22)16-12(13)2-1-7-20-16/h1-4,7-8,13,15,22H,5-6,9H2,(H,21,23)/t13-,15-/m0/s1. The molecule has 1 amide bonds. The van der Waals surface area contributed by atoms with Crippen LogP contribution in [-0.4, -0.2) is 16.0 Å². The molecule has 0 saturated heterocycles. The van der Waals surface area contributed by atoms with E-state index in [9.17, 15) is 14.3 Å². The van der Waals surface area contributed by atoms with Crippen molar-refractivity contribution in [1.29, 1.82) is 0 Å². The highest BCUT2D eigenvalue weighted by atomic mass is 79.9. The zero-order chi connectivity index (χ0) is 16.4. The van der Waals surface area contributed by atoms with Gasteiger partial charge in [-0.2, -0.15) is 0 Å². The number of amides is 1. The van der Waals surface area contributed by atoms with Gasteiger partial charge in [0.15, 0.2) is 0 Å². The maximum atomic E-state index is 13.8. The van der Waals surface area contributed by atoms with Crippen molar-refractivity contribution in [2.75, 3.05) is 0 Å². The monoisotopic (exact) mass is 378 g/mol. The van der Waals surface area contributed by atoms with Gasteiger partial charge in [0.25, 0.3) is 0 Å². The van der Waals surface area contributed by atoms with E-state index >= 15 is 0 Å². The fourth-order valence-electron chi connectivity index (χ4n) is 2.86. The molecule has 1 aromatic carbocycles. The van der Waals surface area contributed by atoms with E-state index in [1.165, 1.54) is 6.07 Å². The summed E-state index contributed by atoms with van der Waals surface area (Å²) in [6.45, 7) is 0.132. The Bertz CT molecular complexity index is 738. The summed E-state index contributed by atoms with van der Waals surface area (Å²) < 4.78 is 14.5. The highest BCUT2D eigenvalue weighted by molar-refractivity contribution is 9.10. The number of pyridine rings is 1. The molecule has 4 nitrogen and oxygen atoms in total. The van der Waals surface area contributed by atoms with Crippen molar-refractivity contribution in [2.24, 2.45) is 0 Å². The summed E-state index contributed by atoms with van der Waals surface area (Å²) in [6, 6.07) is 8.32. The first-order valence-electron chi connectivity index (χ1n) is 7.41. The van der Waals surface area contributed by atoms with Crippen LogP contribution in [0.1, 0.15) is 41.7 Å². The second-order valence-corrected chi connectivity index (χ2v) is 6.49. The molecular weight excluding hydrogens is 363 g/mol. The van der Waals surface area contributed by atoms with E-state index in [0.717, 1.165) is 5.56 Å². The van der Waals surface area contributed by atoms with Gasteiger partial charge >= 0.3 is 0 Å².